The summed E-state index contributed by atoms with van der Waals surface area (Å²) in [5.41, 5.74) is 1.10. The number of hydrogen-bond donors (Lipinski definition) is 0. The molecule has 4 fully saturated rings. The Morgan fingerprint density at radius 3 is 2.44 bits per heavy atom. The van der Waals surface area contributed by atoms with Crippen molar-refractivity contribution < 1.29 is 4.74 Å². The molecule has 1 nitrogen and oxygen atoms in total. The van der Waals surface area contributed by atoms with Gasteiger partial charge in [-0.3, -0.25) is 0 Å². The molecule has 4 aliphatic carbocycles. The second kappa shape index (κ2) is 6.68. The average molecular weight is 387 g/mol. The molecule has 7 atom stereocenters. The Balaban J connectivity index is 1.47. The van der Waals surface area contributed by atoms with E-state index < -0.39 is 0 Å². The predicted molar refractivity (Wildman–Crippen MR) is 112 cm³/mol. The van der Waals surface area contributed by atoms with E-state index in [1.54, 1.807) is 0 Å². The Labute approximate surface area is 170 Å². The quantitative estimate of drug-likeness (QED) is 0.510. The van der Waals surface area contributed by atoms with Crippen LogP contribution in [0.2, 0.25) is 5.02 Å². The minimum atomic E-state index is 0.390. The fraction of sp³-hybridized carbons (Fsp3) is 0.760. The highest BCUT2D eigenvalue weighted by Crippen LogP contribution is 2.66. The van der Waals surface area contributed by atoms with E-state index in [0.717, 1.165) is 34.4 Å². The first-order valence-corrected chi connectivity index (χ1v) is 11.8. The molecule has 0 saturated heterocycles. The number of ether oxygens (including phenoxy) is 1. The summed E-state index contributed by atoms with van der Waals surface area (Å²) in [5, 5.41) is 0.794. The highest BCUT2D eigenvalue weighted by molar-refractivity contribution is 6.30. The standard InChI is InChI=1S/C25H35ClO/c1-24-13-5-7-20(24)19-16-23(27-18-10-8-17(26)9-11-18)22-6-3-4-14-25(22,2)21(19)12-15-24/h8-11,19-23H,3-7,12-16H2,1-2H3/t19-,20-,21+,22?,23?,24-,25+/m0/s1. The lowest BCUT2D eigenvalue weighted by atomic mass is 9.45. The van der Waals surface area contributed by atoms with Gasteiger partial charge in [0.15, 0.2) is 0 Å². The van der Waals surface area contributed by atoms with Crippen molar-refractivity contribution in [3.8, 4) is 5.75 Å². The van der Waals surface area contributed by atoms with E-state index in [9.17, 15) is 0 Å². The van der Waals surface area contributed by atoms with Gasteiger partial charge in [-0.05, 0) is 97.8 Å². The number of fused-ring (bicyclic) bond motifs is 5. The van der Waals surface area contributed by atoms with E-state index in [0.29, 0.717) is 16.9 Å². The third-order valence-corrected chi connectivity index (χ3v) is 9.70. The minimum Gasteiger partial charge on any atom is -0.490 e. The molecule has 0 radical (unpaired) electrons. The van der Waals surface area contributed by atoms with Crippen LogP contribution >= 0.6 is 11.6 Å². The fourth-order valence-electron chi connectivity index (χ4n) is 8.13. The molecule has 4 aliphatic rings. The first kappa shape index (κ1) is 18.3. The molecule has 0 N–H and O–H groups in total. The van der Waals surface area contributed by atoms with Gasteiger partial charge in [0, 0.05) is 10.9 Å². The maximum Gasteiger partial charge on any atom is 0.119 e. The summed E-state index contributed by atoms with van der Waals surface area (Å²) in [5.74, 6) is 4.49. The summed E-state index contributed by atoms with van der Waals surface area (Å²) < 4.78 is 6.72. The highest BCUT2D eigenvalue weighted by Gasteiger charge is 2.60. The van der Waals surface area contributed by atoms with Crippen molar-refractivity contribution in [1.29, 1.82) is 0 Å². The highest BCUT2D eigenvalue weighted by atomic mass is 35.5. The molecule has 0 aliphatic heterocycles. The van der Waals surface area contributed by atoms with E-state index in [1.807, 2.05) is 12.1 Å². The minimum absolute atomic E-state index is 0.390. The van der Waals surface area contributed by atoms with Gasteiger partial charge in [-0.15, -0.1) is 0 Å². The van der Waals surface area contributed by atoms with Crippen molar-refractivity contribution in [2.45, 2.75) is 84.2 Å². The maximum absolute atomic E-state index is 6.72. The number of hydrogen-bond acceptors (Lipinski definition) is 1. The molecule has 0 amide bonds. The lowest BCUT2D eigenvalue weighted by molar-refractivity contribution is -0.146. The maximum atomic E-state index is 6.72. The molecule has 5 rings (SSSR count). The van der Waals surface area contributed by atoms with Crippen LogP contribution in [0.4, 0.5) is 0 Å². The van der Waals surface area contributed by atoms with Gasteiger partial charge in [-0.1, -0.05) is 44.7 Å². The SMILES string of the molecule is C[C@@]12CCC[C@H]1[C@@H]1CC(Oc3ccc(Cl)cc3)C3CCCC[C@]3(C)[C@@H]1CC2. The summed E-state index contributed by atoms with van der Waals surface area (Å²) in [7, 11) is 0. The van der Waals surface area contributed by atoms with Gasteiger partial charge in [0.2, 0.25) is 0 Å². The lowest BCUT2D eigenvalue weighted by Gasteiger charge is -2.61. The zero-order valence-corrected chi connectivity index (χ0v) is 17.8. The van der Waals surface area contributed by atoms with Crippen LogP contribution in [-0.4, -0.2) is 6.10 Å². The van der Waals surface area contributed by atoms with Gasteiger partial charge in [0.1, 0.15) is 11.9 Å². The van der Waals surface area contributed by atoms with E-state index in [-0.39, 0.29) is 0 Å². The zero-order chi connectivity index (χ0) is 18.6. The number of halogens is 1. The molecule has 148 valence electrons. The smallest absolute Gasteiger partial charge is 0.119 e. The zero-order valence-electron chi connectivity index (χ0n) is 17.1. The van der Waals surface area contributed by atoms with Gasteiger partial charge in [0.05, 0.1) is 0 Å². The second-order valence-electron chi connectivity index (χ2n) is 10.7. The summed E-state index contributed by atoms with van der Waals surface area (Å²) in [4.78, 5) is 0. The largest absolute Gasteiger partial charge is 0.490 e. The van der Waals surface area contributed by atoms with Crippen LogP contribution in [0.1, 0.15) is 78.1 Å². The van der Waals surface area contributed by atoms with E-state index in [2.05, 4.69) is 26.0 Å². The van der Waals surface area contributed by atoms with Crippen LogP contribution in [0.5, 0.6) is 5.75 Å². The first-order chi connectivity index (χ1) is 13.0. The van der Waals surface area contributed by atoms with E-state index in [4.69, 9.17) is 16.3 Å². The Morgan fingerprint density at radius 2 is 1.63 bits per heavy atom. The molecular formula is C25H35ClO. The lowest BCUT2D eigenvalue weighted by Crippen LogP contribution is -2.57. The third kappa shape index (κ3) is 2.95. The van der Waals surface area contributed by atoms with Crippen molar-refractivity contribution in [1.82, 2.24) is 0 Å². The Morgan fingerprint density at radius 1 is 0.852 bits per heavy atom. The molecule has 0 heterocycles. The molecule has 2 unspecified atom stereocenters. The van der Waals surface area contributed by atoms with Gasteiger partial charge in [0.25, 0.3) is 0 Å². The molecule has 2 heteroatoms. The molecule has 0 aromatic heterocycles. The molecule has 1 aromatic carbocycles. The molecule has 0 bridgehead atoms. The van der Waals surface area contributed by atoms with Crippen molar-refractivity contribution in [2.75, 3.05) is 0 Å². The van der Waals surface area contributed by atoms with Crippen LogP contribution in [0.15, 0.2) is 24.3 Å². The summed E-state index contributed by atoms with van der Waals surface area (Å²) in [6.07, 6.45) is 14.6. The van der Waals surface area contributed by atoms with Crippen LogP contribution in [0.3, 0.4) is 0 Å². The predicted octanol–water partition coefficient (Wildman–Crippen LogP) is 7.52. The van der Waals surface area contributed by atoms with Crippen molar-refractivity contribution in [3.63, 3.8) is 0 Å². The summed E-state index contributed by atoms with van der Waals surface area (Å²) in [6.45, 7) is 5.24. The Kier molecular flexibility index (Phi) is 4.54. The molecular weight excluding hydrogens is 352 g/mol. The number of benzene rings is 1. The van der Waals surface area contributed by atoms with Gasteiger partial charge in [-0.2, -0.15) is 0 Å². The van der Waals surface area contributed by atoms with Crippen molar-refractivity contribution in [2.24, 2.45) is 34.5 Å². The van der Waals surface area contributed by atoms with Crippen LogP contribution in [-0.2, 0) is 0 Å². The normalized spacial score (nSPS) is 46.3. The second-order valence-corrected chi connectivity index (χ2v) is 11.1. The van der Waals surface area contributed by atoms with Crippen LogP contribution in [0.25, 0.3) is 0 Å². The Hall–Kier alpha value is -0.690. The number of rotatable bonds is 2. The Bertz CT molecular complexity index is 684. The molecule has 4 saturated carbocycles. The van der Waals surface area contributed by atoms with Gasteiger partial charge < -0.3 is 4.74 Å². The molecule has 1 aromatic rings. The molecule has 27 heavy (non-hydrogen) atoms. The molecule has 0 spiro atoms. The average Bonchev–Trinajstić information content (AvgIpc) is 3.05. The summed E-state index contributed by atoms with van der Waals surface area (Å²) in [6, 6.07) is 8.07. The van der Waals surface area contributed by atoms with Gasteiger partial charge >= 0.3 is 0 Å². The van der Waals surface area contributed by atoms with E-state index in [1.165, 1.54) is 64.2 Å². The van der Waals surface area contributed by atoms with Crippen LogP contribution < -0.4 is 4.74 Å². The van der Waals surface area contributed by atoms with Crippen molar-refractivity contribution in [3.05, 3.63) is 29.3 Å². The fourth-order valence-corrected chi connectivity index (χ4v) is 8.26. The van der Waals surface area contributed by atoms with E-state index >= 15 is 0 Å². The summed E-state index contributed by atoms with van der Waals surface area (Å²) >= 11 is 6.10. The van der Waals surface area contributed by atoms with Crippen molar-refractivity contribution >= 4 is 11.6 Å². The van der Waals surface area contributed by atoms with Crippen LogP contribution in [0, 0.1) is 34.5 Å². The van der Waals surface area contributed by atoms with Gasteiger partial charge in [-0.25, -0.2) is 0 Å². The third-order valence-electron chi connectivity index (χ3n) is 9.45. The first-order valence-electron chi connectivity index (χ1n) is 11.4. The topological polar surface area (TPSA) is 9.23 Å². The monoisotopic (exact) mass is 386 g/mol.